The average Bonchev–Trinajstić information content (AvgIpc) is 3.04. The lowest BCUT2D eigenvalue weighted by molar-refractivity contribution is -0.114. The van der Waals surface area contributed by atoms with Gasteiger partial charge in [0, 0.05) is 4.88 Å². The molecule has 22 heavy (non-hydrogen) atoms. The second kappa shape index (κ2) is 7.29. The molecule has 2 rings (SSSR count). The van der Waals surface area contributed by atoms with Gasteiger partial charge in [0.25, 0.3) is 5.91 Å². The molecule has 1 aromatic heterocycles. The predicted molar refractivity (Wildman–Crippen MR) is 84.4 cm³/mol. The van der Waals surface area contributed by atoms with Crippen LogP contribution in [0.4, 0.5) is 0 Å². The largest absolute Gasteiger partial charge is 0.493 e. The van der Waals surface area contributed by atoms with Crippen LogP contribution in [0.3, 0.4) is 0 Å². The second-order valence-electron chi connectivity index (χ2n) is 4.31. The van der Waals surface area contributed by atoms with Gasteiger partial charge in [-0.15, -0.1) is 11.3 Å². The van der Waals surface area contributed by atoms with Crippen molar-refractivity contribution in [2.24, 2.45) is 5.73 Å². The lowest BCUT2D eigenvalue weighted by Gasteiger charge is -2.10. The average molecular weight is 314 g/mol. The molecule has 0 unspecified atom stereocenters. The number of carbonyl (C=O) groups is 1. The summed E-state index contributed by atoms with van der Waals surface area (Å²) < 4.78 is 11.0. The molecule has 0 atom stereocenters. The Labute approximate surface area is 132 Å². The summed E-state index contributed by atoms with van der Waals surface area (Å²) in [7, 11) is 1.53. The minimum absolute atomic E-state index is 0.116. The van der Waals surface area contributed by atoms with Gasteiger partial charge < -0.3 is 15.2 Å². The van der Waals surface area contributed by atoms with Crippen molar-refractivity contribution < 1.29 is 14.3 Å². The topological polar surface area (TPSA) is 85.3 Å². The number of hydrogen-bond donors (Lipinski definition) is 1. The van der Waals surface area contributed by atoms with E-state index < -0.39 is 5.91 Å². The summed E-state index contributed by atoms with van der Waals surface area (Å²) in [6.07, 6.45) is 1.41. The van der Waals surface area contributed by atoms with Gasteiger partial charge >= 0.3 is 0 Å². The Hall–Kier alpha value is -2.78. The van der Waals surface area contributed by atoms with Crippen LogP contribution in [0.15, 0.2) is 41.3 Å². The number of thiophene rings is 1. The molecule has 1 amide bonds. The first-order chi connectivity index (χ1) is 10.6. The van der Waals surface area contributed by atoms with Gasteiger partial charge in [0.05, 0.1) is 7.11 Å². The summed E-state index contributed by atoms with van der Waals surface area (Å²) >= 11 is 1.61. The first kappa shape index (κ1) is 15.6. The van der Waals surface area contributed by atoms with E-state index in [1.807, 2.05) is 17.5 Å². The van der Waals surface area contributed by atoms with Crippen LogP contribution in [-0.4, -0.2) is 13.0 Å². The standard InChI is InChI=1S/C16H14N2O3S/c1-20-15-8-11(7-12(9-17)16(18)19)4-5-14(15)21-10-13-3-2-6-22-13/h2-8H,10H2,1H3,(H2,18,19)/b12-7+. The number of carbonyl (C=O) groups excluding carboxylic acids is 1. The molecule has 0 saturated heterocycles. The summed E-state index contributed by atoms with van der Waals surface area (Å²) in [6, 6.07) is 10.9. The highest BCUT2D eigenvalue weighted by Gasteiger charge is 2.08. The van der Waals surface area contributed by atoms with Crippen LogP contribution in [0.1, 0.15) is 10.4 Å². The van der Waals surface area contributed by atoms with Gasteiger partial charge in [-0.3, -0.25) is 4.79 Å². The molecule has 0 radical (unpaired) electrons. The maximum absolute atomic E-state index is 11.1. The highest BCUT2D eigenvalue weighted by atomic mass is 32.1. The van der Waals surface area contributed by atoms with Crippen molar-refractivity contribution in [3.05, 3.63) is 51.7 Å². The van der Waals surface area contributed by atoms with Crippen LogP contribution in [0.25, 0.3) is 6.08 Å². The number of nitriles is 1. The fraction of sp³-hybridized carbons (Fsp3) is 0.125. The molecule has 0 aliphatic carbocycles. The molecule has 5 nitrogen and oxygen atoms in total. The summed E-state index contributed by atoms with van der Waals surface area (Å²) in [5.41, 5.74) is 5.63. The van der Waals surface area contributed by atoms with Crippen LogP contribution < -0.4 is 15.2 Å². The van der Waals surface area contributed by atoms with Gasteiger partial charge in [-0.05, 0) is 35.2 Å². The van der Waals surface area contributed by atoms with Crippen molar-refractivity contribution in [2.75, 3.05) is 7.11 Å². The quantitative estimate of drug-likeness (QED) is 0.656. The van der Waals surface area contributed by atoms with Gasteiger partial charge in [0.2, 0.25) is 0 Å². The fourth-order valence-electron chi connectivity index (χ4n) is 1.76. The van der Waals surface area contributed by atoms with Crippen molar-refractivity contribution in [2.45, 2.75) is 6.61 Å². The molecule has 1 aromatic carbocycles. The minimum Gasteiger partial charge on any atom is -0.493 e. The van der Waals surface area contributed by atoms with E-state index in [2.05, 4.69) is 0 Å². The Kier molecular flexibility index (Phi) is 5.17. The van der Waals surface area contributed by atoms with Crippen molar-refractivity contribution in [3.63, 3.8) is 0 Å². The maximum atomic E-state index is 11.1. The first-order valence-corrected chi connectivity index (χ1v) is 7.27. The number of hydrogen-bond acceptors (Lipinski definition) is 5. The van der Waals surface area contributed by atoms with Gasteiger partial charge in [0.15, 0.2) is 11.5 Å². The molecule has 0 aliphatic rings. The molecule has 6 heteroatoms. The second-order valence-corrected chi connectivity index (χ2v) is 5.34. The van der Waals surface area contributed by atoms with Crippen LogP contribution in [-0.2, 0) is 11.4 Å². The molecule has 112 valence electrons. The minimum atomic E-state index is -0.764. The van der Waals surface area contributed by atoms with Gasteiger partial charge in [-0.2, -0.15) is 5.26 Å². The van der Waals surface area contributed by atoms with E-state index in [0.717, 1.165) is 4.88 Å². The van der Waals surface area contributed by atoms with E-state index in [-0.39, 0.29) is 5.57 Å². The molecule has 0 fully saturated rings. The Balaban J connectivity index is 2.20. The molecule has 2 N–H and O–H groups in total. The van der Waals surface area contributed by atoms with Crippen molar-refractivity contribution >= 4 is 23.3 Å². The number of amides is 1. The van der Waals surface area contributed by atoms with Crippen LogP contribution >= 0.6 is 11.3 Å². The Bertz CT molecular complexity index is 730. The van der Waals surface area contributed by atoms with Gasteiger partial charge in [0.1, 0.15) is 18.2 Å². The summed E-state index contributed by atoms with van der Waals surface area (Å²) in [5, 5.41) is 10.8. The van der Waals surface area contributed by atoms with E-state index in [0.29, 0.717) is 23.7 Å². The normalized spacial score (nSPS) is 10.8. The number of rotatable bonds is 6. The molecular formula is C16H14N2O3S. The van der Waals surface area contributed by atoms with Crippen LogP contribution in [0, 0.1) is 11.3 Å². The molecular weight excluding hydrogens is 300 g/mol. The highest BCUT2D eigenvalue weighted by Crippen LogP contribution is 2.30. The summed E-state index contributed by atoms with van der Waals surface area (Å²) in [5.74, 6) is 0.345. The monoisotopic (exact) mass is 314 g/mol. The van der Waals surface area contributed by atoms with Crippen molar-refractivity contribution in [3.8, 4) is 17.6 Å². The maximum Gasteiger partial charge on any atom is 0.259 e. The number of benzene rings is 1. The zero-order valence-electron chi connectivity index (χ0n) is 11.9. The number of nitrogens with zero attached hydrogens (tertiary/aromatic N) is 1. The fourth-order valence-corrected chi connectivity index (χ4v) is 2.38. The third-order valence-corrected chi connectivity index (χ3v) is 3.68. The van der Waals surface area contributed by atoms with E-state index >= 15 is 0 Å². The lowest BCUT2D eigenvalue weighted by Crippen LogP contribution is -2.12. The number of nitrogens with two attached hydrogens (primary N) is 1. The summed E-state index contributed by atoms with van der Waals surface area (Å²) in [4.78, 5) is 12.2. The lowest BCUT2D eigenvalue weighted by atomic mass is 10.1. The van der Waals surface area contributed by atoms with Crippen LogP contribution in [0.5, 0.6) is 11.5 Å². The van der Waals surface area contributed by atoms with Gasteiger partial charge in [-0.25, -0.2) is 0 Å². The number of ether oxygens (including phenoxy) is 2. The molecule has 0 aliphatic heterocycles. The third-order valence-electron chi connectivity index (χ3n) is 2.83. The molecule has 0 saturated carbocycles. The van der Waals surface area contributed by atoms with E-state index in [1.165, 1.54) is 13.2 Å². The SMILES string of the molecule is COc1cc(/C=C(\C#N)C(N)=O)ccc1OCc1cccs1. The van der Waals surface area contributed by atoms with Crippen molar-refractivity contribution in [1.29, 1.82) is 5.26 Å². The van der Waals surface area contributed by atoms with E-state index in [1.54, 1.807) is 35.6 Å². The number of primary amides is 1. The molecule has 1 heterocycles. The Morgan fingerprint density at radius 1 is 1.41 bits per heavy atom. The summed E-state index contributed by atoms with van der Waals surface area (Å²) in [6.45, 7) is 0.452. The molecule has 2 aromatic rings. The molecule has 0 bridgehead atoms. The van der Waals surface area contributed by atoms with E-state index in [4.69, 9.17) is 20.5 Å². The van der Waals surface area contributed by atoms with Gasteiger partial charge in [-0.1, -0.05) is 12.1 Å². The van der Waals surface area contributed by atoms with Crippen LogP contribution in [0.2, 0.25) is 0 Å². The predicted octanol–water partition coefficient (Wildman–Crippen LogP) is 2.73. The van der Waals surface area contributed by atoms with E-state index in [9.17, 15) is 4.79 Å². The first-order valence-electron chi connectivity index (χ1n) is 6.39. The smallest absolute Gasteiger partial charge is 0.259 e. The Morgan fingerprint density at radius 2 is 2.23 bits per heavy atom. The number of methoxy groups -OCH3 is 1. The molecule has 0 spiro atoms. The highest BCUT2D eigenvalue weighted by molar-refractivity contribution is 7.09. The Morgan fingerprint density at radius 3 is 2.82 bits per heavy atom. The van der Waals surface area contributed by atoms with Crippen molar-refractivity contribution in [1.82, 2.24) is 0 Å². The zero-order valence-corrected chi connectivity index (χ0v) is 12.7. The third kappa shape index (κ3) is 3.87. The zero-order chi connectivity index (χ0) is 15.9.